The molecule has 0 saturated carbocycles. The molecule has 0 atom stereocenters. The first kappa shape index (κ1) is 15.5. The van der Waals surface area contributed by atoms with Crippen molar-refractivity contribution in [1.82, 2.24) is 0 Å². The standard InChI is InChI=1S/C16H14N2OS2/c17-10-11-20-12-16(19)18-14-8-4-5-9-15(14)21-13-6-2-1-3-7-13/h1-9H,11-12H2,(H,18,19). The van der Waals surface area contributed by atoms with Crippen LogP contribution in [-0.2, 0) is 4.79 Å². The van der Waals surface area contributed by atoms with E-state index in [1.165, 1.54) is 11.8 Å². The van der Waals surface area contributed by atoms with E-state index in [1.54, 1.807) is 11.8 Å². The molecule has 5 heteroatoms. The predicted molar refractivity (Wildman–Crippen MR) is 88.6 cm³/mol. The lowest BCUT2D eigenvalue weighted by molar-refractivity contribution is -0.113. The molecule has 0 aliphatic carbocycles. The fourth-order valence-electron chi connectivity index (χ4n) is 1.65. The van der Waals surface area contributed by atoms with Crippen molar-refractivity contribution in [3.05, 3.63) is 54.6 Å². The van der Waals surface area contributed by atoms with Crippen LogP contribution >= 0.6 is 23.5 Å². The van der Waals surface area contributed by atoms with Crippen molar-refractivity contribution >= 4 is 35.1 Å². The highest BCUT2D eigenvalue weighted by Gasteiger charge is 2.07. The number of nitrogens with zero attached hydrogens (tertiary/aromatic N) is 1. The number of thioether (sulfide) groups is 1. The summed E-state index contributed by atoms with van der Waals surface area (Å²) in [6.07, 6.45) is 0. The average molecular weight is 314 g/mol. The van der Waals surface area contributed by atoms with Gasteiger partial charge < -0.3 is 5.32 Å². The molecule has 0 heterocycles. The predicted octanol–water partition coefficient (Wildman–Crippen LogP) is 4.03. The third-order valence-corrected chi connectivity index (χ3v) is 4.42. The molecule has 3 nitrogen and oxygen atoms in total. The zero-order chi connectivity index (χ0) is 14.9. The number of carbonyl (C=O) groups is 1. The molecule has 2 rings (SSSR count). The molecule has 0 aliphatic rings. The maximum atomic E-state index is 11.8. The van der Waals surface area contributed by atoms with Gasteiger partial charge >= 0.3 is 0 Å². The number of hydrogen-bond acceptors (Lipinski definition) is 4. The summed E-state index contributed by atoms with van der Waals surface area (Å²) in [5, 5.41) is 11.4. The monoisotopic (exact) mass is 314 g/mol. The van der Waals surface area contributed by atoms with Gasteiger partial charge in [-0.25, -0.2) is 0 Å². The molecular formula is C16H14N2OS2. The summed E-state index contributed by atoms with van der Waals surface area (Å²) < 4.78 is 0. The minimum absolute atomic E-state index is 0.0867. The number of rotatable bonds is 6. The third kappa shape index (κ3) is 5.18. The molecule has 0 unspecified atom stereocenters. The minimum Gasteiger partial charge on any atom is -0.324 e. The molecule has 0 fully saturated rings. The molecule has 2 aromatic rings. The van der Waals surface area contributed by atoms with Crippen LogP contribution in [0.25, 0.3) is 0 Å². The Labute approximate surface area is 132 Å². The quantitative estimate of drug-likeness (QED) is 0.818. The molecule has 0 aromatic heterocycles. The fraction of sp³-hybridized carbons (Fsp3) is 0.125. The van der Waals surface area contributed by atoms with E-state index in [0.29, 0.717) is 5.75 Å². The van der Waals surface area contributed by atoms with Gasteiger partial charge in [-0.2, -0.15) is 5.26 Å². The minimum atomic E-state index is -0.0867. The Hall–Kier alpha value is -1.90. The lowest BCUT2D eigenvalue weighted by atomic mass is 10.3. The number of carbonyl (C=O) groups excluding carboxylic acids is 1. The van der Waals surface area contributed by atoms with Gasteiger partial charge in [0.15, 0.2) is 0 Å². The summed E-state index contributed by atoms with van der Waals surface area (Å²) in [5.74, 6) is 0.530. The third-order valence-electron chi connectivity index (χ3n) is 2.53. The molecule has 0 aliphatic heterocycles. The number of amides is 1. The first-order valence-electron chi connectivity index (χ1n) is 6.36. The Bertz CT molecular complexity index is 638. The number of nitriles is 1. The topological polar surface area (TPSA) is 52.9 Å². The lowest BCUT2D eigenvalue weighted by Gasteiger charge is -2.10. The summed E-state index contributed by atoms with van der Waals surface area (Å²) in [6.45, 7) is 0. The molecule has 1 N–H and O–H groups in total. The Morgan fingerprint density at radius 1 is 1.10 bits per heavy atom. The van der Waals surface area contributed by atoms with Crippen LogP contribution in [0.1, 0.15) is 0 Å². The van der Waals surface area contributed by atoms with Gasteiger partial charge in [-0.3, -0.25) is 4.79 Å². The van der Waals surface area contributed by atoms with Crippen molar-refractivity contribution in [2.24, 2.45) is 0 Å². The Morgan fingerprint density at radius 3 is 2.57 bits per heavy atom. The molecule has 0 bridgehead atoms. The maximum Gasteiger partial charge on any atom is 0.234 e. The Morgan fingerprint density at radius 2 is 1.81 bits per heavy atom. The van der Waals surface area contributed by atoms with Crippen LogP contribution < -0.4 is 5.32 Å². The van der Waals surface area contributed by atoms with Gasteiger partial charge in [0.05, 0.1) is 23.3 Å². The largest absolute Gasteiger partial charge is 0.324 e. The van der Waals surface area contributed by atoms with Crippen molar-refractivity contribution in [2.75, 3.05) is 16.8 Å². The van der Waals surface area contributed by atoms with Gasteiger partial charge in [-0.15, -0.1) is 11.8 Å². The van der Waals surface area contributed by atoms with Crippen LogP contribution in [0.15, 0.2) is 64.4 Å². The molecular weight excluding hydrogens is 300 g/mol. The van der Waals surface area contributed by atoms with Gasteiger partial charge in [0.2, 0.25) is 5.91 Å². The highest BCUT2D eigenvalue weighted by molar-refractivity contribution is 8.00. The van der Waals surface area contributed by atoms with Crippen molar-refractivity contribution in [2.45, 2.75) is 9.79 Å². The van der Waals surface area contributed by atoms with Crippen molar-refractivity contribution in [1.29, 1.82) is 5.26 Å². The molecule has 21 heavy (non-hydrogen) atoms. The Kier molecular flexibility index (Phi) is 6.20. The van der Waals surface area contributed by atoms with E-state index < -0.39 is 0 Å². The molecule has 1 amide bonds. The SMILES string of the molecule is N#CCSCC(=O)Nc1ccccc1Sc1ccccc1. The summed E-state index contributed by atoms with van der Waals surface area (Å²) >= 11 is 2.92. The smallest absolute Gasteiger partial charge is 0.234 e. The second kappa shape index (κ2) is 8.40. The van der Waals surface area contributed by atoms with Crippen LogP contribution in [0.3, 0.4) is 0 Å². The summed E-state index contributed by atoms with van der Waals surface area (Å²) in [4.78, 5) is 14.0. The number of benzene rings is 2. The molecule has 0 saturated heterocycles. The molecule has 0 spiro atoms. The highest BCUT2D eigenvalue weighted by atomic mass is 32.2. The van der Waals surface area contributed by atoms with E-state index in [4.69, 9.17) is 5.26 Å². The Balaban J connectivity index is 2.03. The molecule has 106 valence electrons. The van der Waals surface area contributed by atoms with Gasteiger partial charge in [0, 0.05) is 9.79 Å². The highest BCUT2D eigenvalue weighted by Crippen LogP contribution is 2.33. The van der Waals surface area contributed by atoms with Crippen LogP contribution in [0.4, 0.5) is 5.69 Å². The van der Waals surface area contributed by atoms with E-state index in [0.717, 1.165) is 15.5 Å². The van der Waals surface area contributed by atoms with E-state index in [9.17, 15) is 4.79 Å². The van der Waals surface area contributed by atoms with Crippen LogP contribution in [0.2, 0.25) is 0 Å². The zero-order valence-electron chi connectivity index (χ0n) is 11.3. The van der Waals surface area contributed by atoms with Gasteiger partial charge in [-0.1, -0.05) is 42.1 Å². The maximum absolute atomic E-state index is 11.8. The van der Waals surface area contributed by atoms with Crippen molar-refractivity contribution in [3.63, 3.8) is 0 Å². The summed E-state index contributed by atoms with van der Waals surface area (Å²) in [7, 11) is 0. The summed E-state index contributed by atoms with van der Waals surface area (Å²) in [6, 6.07) is 19.7. The van der Waals surface area contributed by atoms with Crippen LogP contribution in [0, 0.1) is 11.3 Å². The summed E-state index contributed by atoms with van der Waals surface area (Å²) in [5.41, 5.74) is 0.800. The first-order chi connectivity index (χ1) is 10.3. The van der Waals surface area contributed by atoms with E-state index in [2.05, 4.69) is 5.32 Å². The van der Waals surface area contributed by atoms with E-state index in [-0.39, 0.29) is 11.7 Å². The van der Waals surface area contributed by atoms with E-state index in [1.807, 2.05) is 60.7 Å². The fourth-order valence-corrected chi connectivity index (χ4v) is 3.02. The number of nitrogens with one attached hydrogen (secondary N) is 1. The second-order valence-corrected chi connectivity index (χ2v) is 6.21. The van der Waals surface area contributed by atoms with Crippen LogP contribution in [-0.4, -0.2) is 17.4 Å². The van der Waals surface area contributed by atoms with Gasteiger partial charge in [-0.05, 0) is 24.3 Å². The lowest BCUT2D eigenvalue weighted by Crippen LogP contribution is -2.14. The molecule has 2 aromatic carbocycles. The van der Waals surface area contributed by atoms with Crippen molar-refractivity contribution < 1.29 is 4.79 Å². The van der Waals surface area contributed by atoms with Gasteiger partial charge in [0.1, 0.15) is 0 Å². The van der Waals surface area contributed by atoms with Crippen LogP contribution in [0.5, 0.6) is 0 Å². The zero-order valence-corrected chi connectivity index (χ0v) is 12.9. The van der Waals surface area contributed by atoms with Crippen molar-refractivity contribution in [3.8, 4) is 6.07 Å². The van der Waals surface area contributed by atoms with Gasteiger partial charge in [0.25, 0.3) is 0 Å². The number of anilines is 1. The second-order valence-electron chi connectivity index (χ2n) is 4.11. The normalized spacial score (nSPS) is 9.86. The number of hydrogen-bond donors (Lipinski definition) is 1. The first-order valence-corrected chi connectivity index (χ1v) is 8.33. The van der Waals surface area contributed by atoms with E-state index >= 15 is 0 Å². The average Bonchev–Trinajstić information content (AvgIpc) is 2.51. The molecule has 0 radical (unpaired) electrons. The number of para-hydroxylation sites is 1.